The Morgan fingerprint density at radius 1 is 1.33 bits per heavy atom. The fraction of sp³-hybridized carbons (Fsp3) is 0.611. The molecule has 1 fully saturated rings. The van der Waals surface area contributed by atoms with Crippen molar-refractivity contribution in [2.24, 2.45) is 5.92 Å². The summed E-state index contributed by atoms with van der Waals surface area (Å²) >= 11 is 0. The molecule has 134 valence electrons. The van der Waals surface area contributed by atoms with Crippen molar-refractivity contribution in [2.45, 2.75) is 39.0 Å². The maximum absolute atomic E-state index is 11.9. The van der Waals surface area contributed by atoms with Crippen molar-refractivity contribution >= 4 is 6.09 Å². The molecular formula is C18H28N2O4. The molecule has 2 rings (SSSR count). The molecule has 0 radical (unpaired) electrons. The number of hydrogen-bond donors (Lipinski definition) is 2. The SMILES string of the molecule is COc1ccc(CNCC(O)C2CN(C(=O)OC(C)(C)C)C2)cc1. The highest BCUT2D eigenvalue weighted by molar-refractivity contribution is 5.69. The second kappa shape index (κ2) is 7.85. The number of nitrogens with one attached hydrogen (secondary N) is 1. The summed E-state index contributed by atoms with van der Waals surface area (Å²) in [6.45, 7) is 7.81. The van der Waals surface area contributed by atoms with E-state index < -0.39 is 11.7 Å². The molecule has 1 heterocycles. The Labute approximate surface area is 143 Å². The van der Waals surface area contributed by atoms with Crippen molar-refractivity contribution in [3.05, 3.63) is 29.8 Å². The topological polar surface area (TPSA) is 71.0 Å². The Kier molecular flexibility index (Phi) is 6.07. The lowest BCUT2D eigenvalue weighted by atomic mass is 9.94. The lowest BCUT2D eigenvalue weighted by molar-refractivity contribution is -0.0300. The number of aliphatic hydroxyl groups is 1. The van der Waals surface area contributed by atoms with Crippen molar-refractivity contribution in [1.82, 2.24) is 10.2 Å². The van der Waals surface area contributed by atoms with Crippen molar-refractivity contribution in [2.75, 3.05) is 26.7 Å². The number of hydrogen-bond acceptors (Lipinski definition) is 5. The fourth-order valence-corrected chi connectivity index (χ4v) is 2.51. The zero-order valence-corrected chi connectivity index (χ0v) is 14.9. The van der Waals surface area contributed by atoms with E-state index >= 15 is 0 Å². The molecule has 6 heteroatoms. The van der Waals surface area contributed by atoms with E-state index in [2.05, 4.69) is 5.32 Å². The summed E-state index contributed by atoms with van der Waals surface area (Å²) in [6, 6.07) is 7.81. The molecule has 1 aliphatic rings. The standard InChI is InChI=1S/C18H28N2O4/c1-18(2,3)24-17(22)20-11-14(12-20)16(21)10-19-9-13-5-7-15(23-4)8-6-13/h5-8,14,16,19,21H,9-12H2,1-4H3. The quantitative estimate of drug-likeness (QED) is 0.831. The van der Waals surface area contributed by atoms with Crippen LogP contribution in [0.5, 0.6) is 5.75 Å². The maximum Gasteiger partial charge on any atom is 0.410 e. The molecular weight excluding hydrogens is 308 g/mol. The van der Waals surface area contributed by atoms with Crippen LogP contribution in [0.2, 0.25) is 0 Å². The van der Waals surface area contributed by atoms with E-state index in [1.165, 1.54) is 0 Å². The molecule has 2 N–H and O–H groups in total. The predicted molar refractivity (Wildman–Crippen MR) is 92.0 cm³/mol. The minimum absolute atomic E-state index is 0.0980. The van der Waals surface area contributed by atoms with E-state index in [-0.39, 0.29) is 12.0 Å². The number of amides is 1. The average Bonchev–Trinajstić information content (AvgIpc) is 2.44. The molecule has 0 spiro atoms. The molecule has 1 saturated heterocycles. The van der Waals surface area contributed by atoms with Gasteiger partial charge in [-0.3, -0.25) is 0 Å². The van der Waals surface area contributed by atoms with Crippen LogP contribution in [0.25, 0.3) is 0 Å². The zero-order chi connectivity index (χ0) is 17.7. The van der Waals surface area contributed by atoms with E-state index in [1.807, 2.05) is 45.0 Å². The van der Waals surface area contributed by atoms with Crippen molar-refractivity contribution in [3.63, 3.8) is 0 Å². The van der Waals surface area contributed by atoms with Crippen LogP contribution < -0.4 is 10.1 Å². The van der Waals surface area contributed by atoms with Gasteiger partial charge >= 0.3 is 6.09 Å². The number of likely N-dealkylation sites (tertiary alicyclic amines) is 1. The summed E-state index contributed by atoms with van der Waals surface area (Å²) in [5.41, 5.74) is 0.646. The minimum atomic E-state index is -0.485. The molecule has 0 aromatic heterocycles. The van der Waals surface area contributed by atoms with Gasteiger partial charge in [0, 0.05) is 32.1 Å². The second-order valence-corrected chi connectivity index (χ2v) is 7.19. The van der Waals surface area contributed by atoms with Crippen molar-refractivity contribution < 1.29 is 19.4 Å². The smallest absolute Gasteiger partial charge is 0.410 e. The summed E-state index contributed by atoms with van der Waals surface area (Å²) in [4.78, 5) is 13.5. The lowest BCUT2D eigenvalue weighted by Crippen LogP contribution is -2.56. The number of carbonyl (C=O) groups is 1. The van der Waals surface area contributed by atoms with Crippen LogP contribution >= 0.6 is 0 Å². The van der Waals surface area contributed by atoms with Crippen LogP contribution in [0.1, 0.15) is 26.3 Å². The predicted octanol–water partition coefficient (Wildman–Crippen LogP) is 2.01. The molecule has 0 saturated carbocycles. The maximum atomic E-state index is 11.9. The van der Waals surface area contributed by atoms with E-state index in [0.29, 0.717) is 26.2 Å². The first-order valence-electron chi connectivity index (χ1n) is 8.28. The third-order valence-corrected chi connectivity index (χ3v) is 3.95. The Morgan fingerprint density at radius 3 is 2.50 bits per heavy atom. The fourth-order valence-electron chi connectivity index (χ4n) is 2.51. The number of aliphatic hydroxyl groups excluding tert-OH is 1. The first kappa shape index (κ1) is 18.5. The van der Waals surface area contributed by atoms with Crippen molar-refractivity contribution in [3.8, 4) is 5.75 Å². The number of benzene rings is 1. The normalized spacial score (nSPS) is 16.5. The average molecular weight is 336 g/mol. The van der Waals surface area contributed by atoms with Crippen LogP contribution in [0.4, 0.5) is 4.79 Å². The summed E-state index contributed by atoms with van der Waals surface area (Å²) in [6.07, 6.45) is -0.779. The number of nitrogens with zero attached hydrogens (tertiary/aromatic N) is 1. The summed E-state index contributed by atoms with van der Waals surface area (Å²) < 4.78 is 10.4. The van der Waals surface area contributed by atoms with Gasteiger partial charge < -0.3 is 24.8 Å². The highest BCUT2D eigenvalue weighted by atomic mass is 16.6. The first-order chi connectivity index (χ1) is 11.3. The largest absolute Gasteiger partial charge is 0.497 e. The monoisotopic (exact) mass is 336 g/mol. The zero-order valence-electron chi connectivity index (χ0n) is 14.9. The molecule has 0 aliphatic carbocycles. The third-order valence-electron chi connectivity index (χ3n) is 3.95. The van der Waals surface area contributed by atoms with Gasteiger partial charge in [-0.2, -0.15) is 0 Å². The van der Waals surface area contributed by atoms with E-state index in [1.54, 1.807) is 12.0 Å². The van der Waals surface area contributed by atoms with Gasteiger partial charge in [-0.15, -0.1) is 0 Å². The van der Waals surface area contributed by atoms with Gasteiger partial charge in [0.25, 0.3) is 0 Å². The summed E-state index contributed by atoms with van der Waals surface area (Å²) in [7, 11) is 1.64. The van der Waals surface area contributed by atoms with Gasteiger partial charge in [-0.1, -0.05) is 12.1 Å². The molecule has 1 atom stereocenters. The van der Waals surface area contributed by atoms with E-state index in [4.69, 9.17) is 9.47 Å². The van der Waals surface area contributed by atoms with Gasteiger partial charge in [0.15, 0.2) is 0 Å². The molecule has 1 aliphatic heterocycles. The lowest BCUT2D eigenvalue weighted by Gasteiger charge is -2.41. The number of carbonyl (C=O) groups excluding carboxylic acids is 1. The van der Waals surface area contributed by atoms with Crippen molar-refractivity contribution in [1.29, 1.82) is 0 Å². The highest BCUT2D eigenvalue weighted by Gasteiger charge is 2.37. The van der Waals surface area contributed by atoms with Crippen LogP contribution in [0, 0.1) is 5.92 Å². The van der Waals surface area contributed by atoms with Crippen LogP contribution in [0.3, 0.4) is 0 Å². The van der Waals surface area contributed by atoms with Crippen LogP contribution in [0.15, 0.2) is 24.3 Å². The molecule has 1 unspecified atom stereocenters. The van der Waals surface area contributed by atoms with Gasteiger partial charge in [-0.05, 0) is 38.5 Å². The highest BCUT2D eigenvalue weighted by Crippen LogP contribution is 2.22. The Morgan fingerprint density at radius 2 is 1.96 bits per heavy atom. The Bertz CT molecular complexity index is 533. The minimum Gasteiger partial charge on any atom is -0.497 e. The molecule has 1 amide bonds. The van der Waals surface area contributed by atoms with E-state index in [9.17, 15) is 9.90 Å². The molecule has 24 heavy (non-hydrogen) atoms. The number of methoxy groups -OCH3 is 1. The summed E-state index contributed by atoms with van der Waals surface area (Å²) in [5, 5.41) is 13.4. The Hall–Kier alpha value is -1.79. The molecule has 1 aromatic rings. The second-order valence-electron chi connectivity index (χ2n) is 7.19. The number of ether oxygens (including phenoxy) is 2. The van der Waals surface area contributed by atoms with Gasteiger partial charge in [0.1, 0.15) is 11.4 Å². The van der Waals surface area contributed by atoms with Crippen LogP contribution in [-0.4, -0.2) is 54.5 Å². The molecule has 0 bridgehead atoms. The first-order valence-corrected chi connectivity index (χ1v) is 8.28. The van der Waals surface area contributed by atoms with Gasteiger partial charge in [-0.25, -0.2) is 4.79 Å². The van der Waals surface area contributed by atoms with Gasteiger partial charge in [0.05, 0.1) is 13.2 Å². The molecule has 1 aromatic carbocycles. The number of rotatable bonds is 6. The summed E-state index contributed by atoms with van der Waals surface area (Å²) in [5.74, 6) is 0.927. The van der Waals surface area contributed by atoms with E-state index in [0.717, 1.165) is 11.3 Å². The van der Waals surface area contributed by atoms with Gasteiger partial charge in [0.2, 0.25) is 0 Å². The molecule has 6 nitrogen and oxygen atoms in total. The van der Waals surface area contributed by atoms with Crippen LogP contribution in [-0.2, 0) is 11.3 Å². The third kappa shape index (κ3) is 5.39. The Balaban J connectivity index is 1.65.